The number of aromatic amines is 1. The molecule has 7 heteroatoms. The van der Waals surface area contributed by atoms with Gasteiger partial charge < -0.3 is 14.7 Å². The molecule has 2 aromatic heterocycles. The van der Waals surface area contributed by atoms with Crippen molar-refractivity contribution in [3.8, 4) is 0 Å². The number of carbonyl (C=O) groups excluding carboxylic acids is 2. The van der Waals surface area contributed by atoms with Gasteiger partial charge in [0, 0.05) is 5.56 Å². The van der Waals surface area contributed by atoms with Crippen molar-refractivity contribution < 1.29 is 14.0 Å². The molecule has 4 rings (SSSR count). The molecule has 28 heavy (non-hydrogen) atoms. The minimum absolute atomic E-state index is 0.218. The van der Waals surface area contributed by atoms with E-state index in [0.29, 0.717) is 27.3 Å². The lowest BCUT2D eigenvalue weighted by Crippen LogP contribution is -2.10. The molecule has 6 nitrogen and oxygen atoms in total. The lowest BCUT2D eigenvalue weighted by molar-refractivity contribution is 0.102. The standard InChI is InChI=1S/C21H14ClN3O3/c22-16-2-1-3-17-19(16)25-20(24-17)18(26)9-6-13-4-7-14(8-5-13)21(27)23-15-10-11-28-12-15/h1-12H,(H,23,27)(H,24,25). The van der Waals surface area contributed by atoms with Crippen molar-refractivity contribution in [1.82, 2.24) is 9.97 Å². The summed E-state index contributed by atoms with van der Waals surface area (Å²) in [6.45, 7) is 0. The van der Waals surface area contributed by atoms with Crippen molar-refractivity contribution in [2.75, 3.05) is 5.32 Å². The number of aromatic nitrogens is 2. The number of amides is 1. The lowest BCUT2D eigenvalue weighted by atomic mass is 10.1. The van der Waals surface area contributed by atoms with Gasteiger partial charge in [0.1, 0.15) is 11.8 Å². The number of para-hydroxylation sites is 1. The second-order valence-corrected chi connectivity index (χ2v) is 6.41. The molecule has 0 saturated heterocycles. The van der Waals surface area contributed by atoms with E-state index in [1.807, 2.05) is 6.07 Å². The van der Waals surface area contributed by atoms with Gasteiger partial charge in [0.15, 0.2) is 5.82 Å². The molecule has 0 atom stereocenters. The highest BCUT2D eigenvalue weighted by Gasteiger charge is 2.11. The fraction of sp³-hybridized carbons (Fsp3) is 0. The van der Waals surface area contributed by atoms with Gasteiger partial charge in [-0.05, 0) is 42.0 Å². The van der Waals surface area contributed by atoms with Crippen molar-refractivity contribution in [3.05, 3.63) is 89.1 Å². The van der Waals surface area contributed by atoms with Crippen LogP contribution in [0, 0.1) is 0 Å². The highest BCUT2D eigenvalue weighted by Crippen LogP contribution is 2.21. The second-order valence-electron chi connectivity index (χ2n) is 6.01. The number of furan rings is 1. The van der Waals surface area contributed by atoms with Crippen molar-refractivity contribution in [3.63, 3.8) is 0 Å². The van der Waals surface area contributed by atoms with Gasteiger partial charge >= 0.3 is 0 Å². The number of allylic oxidation sites excluding steroid dienone is 1. The first-order valence-corrected chi connectivity index (χ1v) is 8.78. The topological polar surface area (TPSA) is 88.0 Å². The molecule has 2 N–H and O–H groups in total. The van der Waals surface area contributed by atoms with Gasteiger partial charge in [-0.3, -0.25) is 9.59 Å². The van der Waals surface area contributed by atoms with Gasteiger partial charge in [-0.25, -0.2) is 4.98 Å². The minimum atomic E-state index is -0.269. The summed E-state index contributed by atoms with van der Waals surface area (Å²) in [5, 5.41) is 3.21. The molecule has 0 unspecified atom stereocenters. The van der Waals surface area contributed by atoms with Crippen LogP contribution in [0.5, 0.6) is 0 Å². The fourth-order valence-electron chi connectivity index (χ4n) is 2.65. The molecule has 0 aliphatic carbocycles. The molecule has 2 heterocycles. The number of fused-ring (bicyclic) bond motifs is 1. The van der Waals surface area contributed by atoms with Crippen molar-refractivity contribution >= 4 is 46.1 Å². The van der Waals surface area contributed by atoms with Gasteiger partial charge in [0.2, 0.25) is 5.78 Å². The Bertz CT molecular complexity index is 1180. The summed E-state index contributed by atoms with van der Waals surface area (Å²) in [5.74, 6) is -0.295. The van der Waals surface area contributed by atoms with Gasteiger partial charge in [-0.2, -0.15) is 0 Å². The highest BCUT2D eigenvalue weighted by atomic mass is 35.5. The Morgan fingerprint density at radius 3 is 2.64 bits per heavy atom. The summed E-state index contributed by atoms with van der Waals surface area (Å²) in [6.07, 6.45) is 6.02. The van der Waals surface area contributed by atoms with Crippen LogP contribution in [0.4, 0.5) is 5.69 Å². The first-order chi connectivity index (χ1) is 13.6. The Kier molecular flexibility index (Phi) is 4.78. The molecule has 138 valence electrons. The van der Waals surface area contributed by atoms with Gasteiger partial charge in [-0.1, -0.05) is 35.9 Å². The van der Waals surface area contributed by atoms with Crippen molar-refractivity contribution in [2.24, 2.45) is 0 Å². The van der Waals surface area contributed by atoms with Gasteiger partial charge in [-0.15, -0.1) is 0 Å². The number of imidazole rings is 1. The average Bonchev–Trinajstić information content (AvgIpc) is 3.37. The SMILES string of the molecule is O=C(Nc1ccoc1)c1ccc(C=CC(=O)c2nc3c(Cl)cccc3[nH]2)cc1. The third-order valence-corrected chi connectivity index (χ3v) is 4.38. The number of nitrogens with one attached hydrogen (secondary N) is 2. The number of carbonyl (C=O) groups is 2. The molecule has 0 aliphatic rings. The van der Waals surface area contributed by atoms with E-state index in [1.54, 1.807) is 48.5 Å². The quantitative estimate of drug-likeness (QED) is 0.372. The second kappa shape index (κ2) is 7.54. The Morgan fingerprint density at radius 2 is 1.93 bits per heavy atom. The van der Waals surface area contributed by atoms with Crippen LogP contribution >= 0.6 is 11.6 Å². The maximum atomic E-state index is 12.4. The van der Waals surface area contributed by atoms with Crippen LogP contribution in [0.2, 0.25) is 5.02 Å². The van der Waals surface area contributed by atoms with E-state index in [0.717, 1.165) is 5.56 Å². The molecule has 0 bridgehead atoms. The number of H-pyrrole nitrogens is 1. The third-order valence-electron chi connectivity index (χ3n) is 4.08. The predicted molar refractivity (Wildman–Crippen MR) is 108 cm³/mol. The van der Waals surface area contributed by atoms with E-state index in [1.165, 1.54) is 18.6 Å². The normalized spacial score (nSPS) is 11.2. The highest BCUT2D eigenvalue weighted by molar-refractivity contribution is 6.35. The van der Waals surface area contributed by atoms with Crippen LogP contribution in [-0.4, -0.2) is 21.7 Å². The van der Waals surface area contributed by atoms with E-state index in [9.17, 15) is 9.59 Å². The Labute approximate surface area is 164 Å². The molecule has 0 fully saturated rings. The average molecular weight is 392 g/mol. The van der Waals surface area contributed by atoms with E-state index >= 15 is 0 Å². The van der Waals surface area contributed by atoms with E-state index < -0.39 is 0 Å². The summed E-state index contributed by atoms with van der Waals surface area (Å²) in [7, 11) is 0. The smallest absolute Gasteiger partial charge is 0.255 e. The van der Waals surface area contributed by atoms with Crippen LogP contribution < -0.4 is 5.32 Å². The summed E-state index contributed by atoms with van der Waals surface area (Å²) in [6, 6.07) is 13.8. The summed E-state index contributed by atoms with van der Waals surface area (Å²) in [4.78, 5) is 31.7. The van der Waals surface area contributed by atoms with Crippen molar-refractivity contribution in [1.29, 1.82) is 0 Å². The maximum absolute atomic E-state index is 12.4. The van der Waals surface area contributed by atoms with Gasteiger partial charge in [0.05, 0.1) is 22.5 Å². The molecule has 0 saturated carbocycles. The minimum Gasteiger partial charge on any atom is -0.470 e. The predicted octanol–water partition coefficient (Wildman–Crippen LogP) is 4.96. The molecule has 2 aromatic carbocycles. The molecule has 1 amide bonds. The molecule has 0 spiro atoms. The Balaban J connectivity index is 1.45. The van der Waals surface area contributed by atoms with Crippen LogP contribution in [0.15, 0.2) is 71.6 Å². The zero-order valence-corrected chi connectivity index (χ0v) is 15.2. The van der Waals surface area contributed by atoms with Crippen LogP contribution in [0.1, 0.15) is 26.5 Å². The van der Waals surface area contributed by atoms with E-state index in [4.69, 9.17) is 16.0 Å². The van der Waals surface area contributed by atoms with Crippen LogP contribution in [-0.2, 0) is 0 Å². The zero-order valence-electron chi connectivity index (χ0n) is 14.5. The fourth-order valence-corrected chi connectivity index (χ4v) is 2.87. The summed E-state index contributed by atoms with van der Waals surface area (Å²) >= 11 is 6.08. The largest absolute Gasteiger partial charge is 0.470 e. The number of hydrogen-bond donors (Lipinski definition) is 2. The van der Waals surface area contributed by atoms with Crippen LogP contribution in [0.3, 0.4) is 0 Å². The first-order valence-electron chi connectivity index (χ1n) is 8.40. The number of halogens is 1. The maximum Gasteiger partial charge on any atom is 0.255 e. The zero-order chi connectivity index (χ0) is 19.5. The third kappa shape index (κ3) is 3.72. The number of rotatable bonds is 5. The summed E-state index contributed by atoms with van der Waals surface area (Å²) in [5.41, 5.74) is 3.13. The molecule has 0 radical (unpaired) electrons. The monoisotopic (exact) mass is 391 g/mol. The lowest BCUT2D eigenvalue weighted by Gasteiger charge is -2.02. The van der Waals surface area contributed by atoms with Crippen molar-refractivity contribution in [2.45, 2.75) is 0 Å². The number of ketones is 1. The number of nitrogens with zero attached hydrogens (tertiary/aromatic N) is 1. The number of benzene rings is 2. The molecular weight excluding hydrogens is 378 g/mol. The first kappa shape index (κ1) is 17.8. The number of anilines is 1. The summed E-state index contributed by atoms with van der Waals surface area (Å²) < 4.78 is 4.92. The van der Waals surface area contributed by atoms with Crippen LogP contribution in [0.25, 0.3) is 17.1 Å². The molecular formula is C21H14ClN3O3. The van der Waals surface area contributed by atoms with Gasteiger partial charge in [0.25, 0.3) is 5.91 Å². The number of hydrogen-bond acceptors (Lipinski definition) is 4. The Hall–Kier alpha value is -3.64. The molecule has 0 aliphatic heterocycles. The van der Waals surface area contributed by atoms with E-state index in [-0.39, 0.29) is 17.5 Å². The van der Waals surface area contributed by atoms with E-state index in [2.05, 4.69) is 15.3 Å². The molecule has 4 aromatic rings. The Morgan fingerprint density at radius 1 is 1.11 bits per heavy atom.